The van der Waals surface area contributed by atoms with Gasteiger partial charge in [0.05, 0.1) is 23.1 Å². The third-order valence-corrected chi connectivity index (χ3v) is 3.36. The molecule has 0 unspecified atom stereocenters. The molecule has 0 aliphatic rings. The summed E-state index contributed by atoms with van der Waals surface area (Å²) in [6, 6.07) is 3.33. The summed E-state index contributed by atoms with van der Waals surface area (Å²) >= 11 is 12.1. The van der Waals surface area contributed by atoms with Crippen LogP contribution in [0.1, 0.15) is 12.1 Å². The van der Waals surface area contributed by atoms with Gasteiger partial charge in [-0.3, -0.25) is 15.1 Å². The van der Waals surface area contributed by atoms with E-state index in [0.29, 0.717) is 32.3 Å². The SMILES string of the molecule is FC(F)c1cnc(-c2ccc(Cl)c3n[nH]c(Cl)c23)cn1. The Balaban J connectivity index is 2.19. The molecule has 4 nitrogen and oxygen atoms in total. The minimum atomic E-state index is -2.65. The fourth-order valence-corrected chi connectivity index (χ4v) is 2.29. The first-order chi connectivity index (χ1) is 9.58. The molecule has 0 aliphatic carbocycles. The molecule has 0 saturated heterocycles. The Labute approximate surface area is 121 Å². The molecule has 2 heterocycles. The number of alkyl halides is 2. The molecule has 0 bridgehead atoms. The highest BCUT2D eigenvalue weighted by molar-refractivity contribution is 6.39. The molecule has 1 N–H and O–H groups in total. The normalized spacial score (nSPS) is 11.4. The van der Waals surface area contributed by atoms with Crippen molar-refractivity contribution in [3.63, 3.8) is 0 Å². The van der Waals surface area contributed by atoms with E-state index in [9.17, 15) is 8.78 Å². The van der Waals surface area contributed by atoms with E-state index in [4.69, 9.17) is 23.2 Å². The first kappa shape index (κ1) is 13.2. The van der Waals surface area contributed by atoms with Crippen molar-refractivity contribution < 1.29 is 8.78 Å². The average Bonchev–Trinajstić information content (AvgIpc) is 2.83. The van der Waals surface area contributed by atoms with Gasteiger partial charge in [-0.1, -0.05) is 29.3 Å². The van der Waals surface area contributed by atoms with Gasteiger partial charge in [0.1, 0.15) is 16.4 Å². The lowest BCUT2D eigenvalue weighted by molar-refractivity contribution is 0.145. The second-order valence-corrected chi connectivity index (χ2v) is 4.77. The summed E-state index contributed by atoms with van der Waals surface area (Å²) in [6.07, 6.45) is -0.346. The lowest BCUT2D eigenvalue weighted by Gasteiger charge is -2.04. The van der Waals surface area contributed by atoms with Gasteiger partial charge in [-0.15, -0.1) is 0 Å². The standard InChI is InChI=1S/C12H6Cl2F2N4/c13-6-2-1-5(9-10(6)19-20-11(9)14)7-3-18-8(4-17-7)12(15)16/h1-4,12H,(H,19,20). The number of hydrogen-bond acceptors (Lipinski definition) is 3. The molecule has 1 aromatic carbocycles. The lowest BCUT2D eigenvalue weighted by Crippen LogP contribution is -1.93. The Morgan fingerprint density at radius 3 is 2.55 bits per heavy atom. The van der Waals surface area contributed by atoms with Crippen LogP contribution in [0.3, 0.4) is 0 Å². The second-order valence-electron chi connectivity index (χ2n) is 3.98. The van der Waals surface area contributed by atoms with Gasteiger partial charge in [0.15, 0.2) is 0 Å². The molecule has 0 amide bonds. The maximum atomic E-state index is 12.5. The second kappa shape index (κ2) is 4.96. The molecule has 0 fully saturated rings. The number of nitrogens with one attached hydrogen (secondary N) is 1. The van der Waals surface area contributed by atoms with Gasteiger partial charge in [0.25, 0.3) is 6.43 Å². The van der Waals surface area contributed by atoms with E-state index in [0.717, 1.165) is 6.20 Å². The predicted octanol–water partition coefficient (Wildman–Crippen LogP) is 4.26. The van der Waals surface area contributed by atoms with Crippen LogP contribution < -0.4 is 0 Å². The average molecular weight is 315 g/mol. The van der Waals surface area contributed by atoms with Crippen LogP contribution in [0.25, 0.3) is 22.2 Å². The molecule has 102 valence electrons. The van der Waals surface area contributed by atoms with Crippen molar-refractivity contribution in [1.29, 1.82) is 0 Å². The zero-order chi connectivity index (χ0) is 14.3. The largest absolute Gasteiger partial charge is 0.281 e. The summed E-state index contributed by atoms with van der Waals surface area (Å²) in [6.45, 7) is 0. The van der Waals surface area contributed by atoms with Crippen LogP contribution in [-0.4, -0.2) is 20.2 Å². The lowest BCUT2D eigenvalue weighted by atomic mass is 10.1. The third kappa shape index (κ3) is 2.10. The van der Waals surface area contributed by atoms with Gasteiger partial charge in [-0.25, -0.2) is 8.78 Å². The Morgan fingerprint density at radius 1 is 1.10 bits per heavy atom. The molecule has 2 aromatic heterocycles. The van der Waals surface area contributed by atoms with E-state index in [1.165, 1.54) is 6.20 Å². The maximum absolute atomic E-state index is 12.5. The van der Waals surface area contributed by atoms with E-state index in [1.807, 2.05) is 0 Å². The van der Waals surface area contributed by atoms with Crippen LogP contribution in [0.15, 0.2) is 24.5 Å². The van der Waals surface area contributed by atoms with Gasteiger partial charge < -0.3 is 0 Å². The topological polar surface area (TPSA) is 54.5 Å². The molecule has 20 heavy (non-hydrogen) atoms. The molecule has 0 radical (unpaired) electrons. The van der Waals surface area contributed by atoms with Crippen molar-refractivity contribution in [3.05, 3.63) is 40.4 Å². The quantitative estimate of drug-likeness (QED) is 0.768. The first-order valence-electron chi connectivity index (χ1n) is 5.50. The molecule has 3 aromatic rings. The van der Waals surface area contributed by atoms with Crippen molar-refractivity contribution in [3.8, 4) is 11.3 Å². The minimum absolute atomic E-state index is 0.303. The van der Waals surface area contributed by atoms with Crippen molar-refractivity contribution in [1.82, 2.24) is 20.2 Å². The van der Waals surface area contributed by atoms with E-state index in [-0.39, 0.29) is 5.69 Å². The number of H-pyrrole nitrogens is 1. The van der Waals surface area contributed by atoms with Gasteiger partial charge in [0, 0.05) is 10.9 Å². The van der Waals surface area contributed by atoms with Gasteiger partial charge in [-0.2, -0.15) is 5.10 Å². The van der Waals surface area contributed by atoms with Crippen LogP contribution in [0, 0.1) is 0 Å². The molecular formula is C12H6Cl2F2N4. The fourth-order valence-electron chi connectivity index (χ4n) is 1.86. The third-order valence-electron chi connectivity index (χ3n) is 2.79. The molecule has 0 aliphatic heterocycles. The molecule has 0 saturated carbocycles. The Morgan fingerprint density at radius 2 is 1.90 bits per heavy atom. The smallest absolute Gasteiger partial charge is 0.266 e. The number of benzene rings is 1. The number of rotatable bonds is 2. The van der Waals surface area contributed by atoms with Crippen LogP contribution >= 0.6 is 23.2 Å². The number of fused-ring (bicyclic) bond motifs is 1. The monoisotopic (exact) mass is 314 g/mol. The summed E-state index contributed by atoms with van der Waals surface area (Å²) in [5.41, 5.74) is 1.15. The number of hydrogen-bond donors (Lipinski definition) is 1. The fraction of sp³-hybridized carbons (Fsp3) is 0.0833. The molecular weight excluding hydrogens is 309 g/mol. The first-order valence-corrected chi connectivity index (χ1v) is 6.26. The molecule has 8 heteroatoms. The van der Waals surface area contributed by atoms with Gasteiger partial charge in [-0.05, 0) is 6.07 Å². The Kier molecular flexibility index (Phi) is 3.27. The van der Waals surface area contributed by atoms with Crippen molar-refractivity contribution in [2.75, 3.05) is 0 Å². The van der Waals surface area contributed by atoms with Crippen molar-refractivity contribution in [2.24, 2.45) is 0 Å². The van der Waals surface area contributed by atoms with Crippen LogP contribution in [0.2, 0.25) is 10.2 Å². The number of halogens is 4. The number of nitrogens with zero attached hydrogens (tertiary/aromatic N) is 3. The predicted molar refractivity (Wildman–Crippen MR) is 72.1 cm³/mol. The summed E-state index contributed by atoms with van der Waals surface area (Å²) in [5.74, 6) is 0. The molecule has 0 spiro atoms. The van der Waals surface area contributed by atoms with Crippen LogP contribution in [0.5, 0.6) is 0 Å². The maximum Gasteiger partial charge on any atom is 0.281 e. The van der Waals surface area contributed by atoms with E-state index in [1.54, 1.807) is 12.1 Å². The van der Waals surface area contributed by atoms with E-state index in [2.05, 4.69) is 20.2 Å². The molecule has 3 rings (SSSR count). The van der Waals surface area contributed by atoms with Gasteiger partial charge >= 0.3 is 0 Å². The van der Waals surface area contributed by atoms with E-state index >= 15 is 0 Å². The highest BCUT2D eigenvalue weighted by Gasteiger charge is 2.15. The number of aromatic nitrogens is 4. The number of aromatic amines is 1. The minimum Gasteiger partial charge on any atom is -0.266 e. The van der Waals surface area contributed by atoms with Crippen LogP contribution in [-0.2, 0) is 0 Å². The Bertz CT molecular complexity index is 771. The van der Waals surface area contributed by atoms with E-state index < -0.39 is 6.43 Å². The van der Waals surface area contributed by atoms with Gasteiger partial charge in [0.2, 0.25) is 0 Å². The Hall–Kier alpha value is -1.79. The molecule has 0 atom stereocenters. The highest BCUT2D eigenvalue weighted by atomic mass is 35.5. The summed E-state index contributed by atoms with van der Waals surface area (Å²) in [4.78, 5) is 7.66. The van der Waals surface area contributed by atoms with Crippen molar-refractivity contribution in [2.45, 2.75) is 6.43 Å². The summed E-state index contributed by atoms with van der Waals surface area (Å²) in [7, 11) is 0. The zero-order valence-electron chi connectivity index (χ0n) is 9.74. The summed E-state index contributed by atoms with van der Waals surface area (Å²) in [5, 5.41) is 7.93. The highest BCUT2D eigenvalue weighted by Crippen LogP contribution is 2.35. The van der Waals surface area contributed by atoms with Crippen LogP contribution in [0.4, 0.5) is 8.78 Å². The van der Waals surface area contributed by atoms with Crippen molar-refractivity contribution >= 4 is 34.1 Å². The summed E-state index contributed by atoms with van der Waals surface area (Å²) < 4.78 is 24.9. The zero-order valence-corrected chi connectivity index (χ0v) is 11.3.